The molecule has 1 aliphatic heterocycles. The van der Waals surface area contributed by atoms with Crippen LogP contribution in [0.3, 0.4) is 0 Å². The fraction of sp³-hybridized carbons (Fsp3) is 0.417. The molecule has 0 bridgehead atoms. The highest BCUT2D eigenvalue weighted by atomic mass is 16.7. The van der Waals surface area contributed by atoms with E-state index in [2.05, 4.69) is 0 Å². The van der Waals surface area contributed by atoms with Crippen molar-refractivity contribution in [1.29, 1.82) is 0 Å². The summed E-state index contributed by atoms with van der Waals surface area (Å²) in [5, 5.41) is 10.8. The zero-order valence-corrected chi connectivity index (χ0v) is 9.84. The molecule has 2 rings (SSSR count). The summed E-state index contributed by atoms with van der Waals surface area (Å²) in [4.78, 5) is 16.7. The molecule has 1 aromatic rings. The van der Waals surface area contributed by atoms with E-state index in [0.717, 1.165) is 12.0 Å². The topological polar surface area (TPSA) is 59.0 Å². The van der Waals surface area contributed by atoms with E-state index in [4.69, 9.17) is 9.57 Å². The molecule has 0 amide bonds. The number of methoxy groups -OCH3 is 1. The molecule has 5 heteroatoms. The smallest absolute Gasteiger partial charge is 0.358 e. The third-order valence-corrected chi connectivity index (χ3v) is 3.12. The Morgan fingerprint density at radius 3 is 2.71 bits per heavy atom. The molecule has 1 heterocycles. The molecule has 17 heavy (non-hydrogen) atoms. The predicted octanol–water partition coefficient (Wildman–Crippen LogP) is 0.990. The molecule has 0 radical (unpaired) electrons. The van der Waals surface area contributed by atoms with Crippen LogP contribution in [0, 0.1) is 0 Å². The maximum absolute atomic E-state index is 11.6. The van der Waals surface area contributed by atoms with Gasteiger partial charge in [0.05, 0.1) is 7.11 Å². The molecule has 1 aliphatic rings. The number of hydroxylamine groups is 2. The molecule has 1 unspecified atom stereocenters. The van der Waals surface area contributed by atoms with Gasteiger partial charge in [0.1, 0.15) is 0 Å². The number of hydrogen-bond donors (Lipinski definition) is 1. The first-order valence-electron chi connectivity index (χ1n) is 5.35. The first-order valence-corrected chi connectivity index (χ1v) is 5.35. The Kier molecular flexibility index (Phi) is 3.15. The van der Waals surface area contributed by atoms with Crippen LogP contribution >= 0.6 is 0 Å². The summed E-state index contributed by atoms with van der Waals surface area (Å²) in [6.07, 6.45) is 0.738. The van der Waals surface area contributed by atoms with Crippen LogP contribution in [0.25, 0.3) is 0 Å². The largest absolute Gasteiger partial charge is 0.478 e. The number of carboxylic acid groups (broad SMARTS) is 1. The van der Waals surface area contributed by atoms with Crippen molar-refractivity contribution in [1.82, 2.24) is 5.06 Å². The molecule has 92 valence electrons. The van der Waals surface area contributed by atoms with Gasteiger partial charge in [-0.05, 0) is 12.0 Å². The van der Waals surface area contributed by atoms with Gasteiger partial charge in [0.15, 0.2) is 0 Å². The van der Waals surface area contributed by atoms with Gasteiger partial charge in [-0.25, -0.2) is 4.79 Å². The minimum Gasteiger partial charge on any atom is -0.478 e. The number of rotatable bonds is 3. The second-order valence-electron chi connectivity index (χ2n) is 3.85. The second-order valence-corrected chi connectivity index (χ2v) is 3.85. The van der Waals surface area contributed by atoms with Gasteiger partial charge >= 0.3 is 5.97 Å². The van der Waals surface area contributed by atoms with E-state index >= 15 is 0 Å². The van der Waals surface area contributed by atoms with Crippen LogP contribution < -0.4 is 0 Å². The second kappa shape index (κ2) is 4.44. The first-order chi connectivity index (χ1) is 8.16. The molecule has 1 aromatic carbocycles. The Morgan fingerprint density at radius 1 is 1.41 bits per heavy atom. The van der Waals surface area contributed by atoms with Gasteiger partial charge in [-0.15, -0.1) is 5.06 Å². The van der Waals surface area contributed by atoms with Gasteiger partial charge < -0.3 is 9.84 Å². The summed E-state index contributed by atoms with van der Waals surface area (Å²) in [5.41, 5.74) is 0.0528. The molecule has 5 nitrogen and oxygen atoms in total. The lowest BCUT2D eigenvalue weighted by molar-refractivity contribution is -0.295. The Hall–Kier alpha value is -1.43. The van der Waals surface area contributed by atoms with E-state index in [9.17, 15) is 9.90 Å². The highest BCUT2D eigenvalue weighted by Gasteiger charge is 2.50. The average Bonchev–Trinajstić information content (AvgIpc) is 2.36. The van der Waals surface area contributed by atoms with Gasteiger partial charge in [-0.2, -0.15) is 0 Å². The Balaban J connectivity index is 2.62. The number of carbonyl (C=O) groups is 1. The van der Waals surface area contributed by atoms with Crippen molar-refractivity contribution in [3.8, 4) is 0 Å². The molecule has 0 saturated carbocycles. The number of nitrogens with zero attached hydrogens (tertiary/aromatic N) is 1. The van der Waals surface area contributed by atoms with Crippen molar-refractivity contribution in [2.45, 2.75) is 12.1 Å². The lowest BCUT2D eigenvalue weighted by Crippen LogP contribution is -2.56. The fourth-order valence-electron chi connectivity index (χ4n) is 2.32. The third kappa shape index (κ3) is 1.63. The SMILES string of the molecule is CON1CCc2ccccc2C1(OC)C(=O)O. The summed E-state index contributed by atoms with van der Waals surface area (Å²) >= 11 is 0. The van der Waals surface area contributed by atoms with Crippen LogP contribution in [-0.4, -0.2) is 36.9 Å². The Morgan fingerprint density at radius 2 is 2.12 bits per heavy atom. The fourth-order valence-corrected chi connectivity index (χ4v) is 2.32. The zero-order valence-electron chi connectivity index (χ0n) is 9.84. The van der Waals surface area contributed by atoms with Gasteiger partial charge in [-0.1, -0.05) is 24.3 Å². The van der Waals surface area contributed by atoms with Crippen molar-refractivity contribution in [2.75, 3.05) is 20.8 Å². The summed E-state index contributed by atoms with van der Waals surface area (Å²) in [6.45, 7) is 0.480. The molecule has 1 atom stereocenters. The quantitative estimate of drug-likeness (QED) is 0.849. The van der Waals surface area contributed by atoms with E-state index in [1.807, 2.05) is 12.1 Å². The Labute approximate surface area is 99.5 Å². The van der Waals surface area contributed by atoms with Crippen LogP contribution in [0.15, 0.2) is 24.3 Å². The predicted molar refractivity (Wildman–Crippen MR) is 60.2 cm³/mol. The number of benzene rings is 1. The zero-order chi connectivity index (χ0) is 12.5. The number of hydrogen-bond acceptors (Lipinski definition) is 4. The van der Waals surface area contributed by atoms with Crippen LogP contribution in [0.1, 0.15) is 11.1 Å². The van der Waals surface area contributed by atoms with Crippen LogP contribution in [0.5, 0.6) is 0 Å². The van der Waals surface area contributed by atoms with Crippen molar-refractivity contribution in [3.63, 3.8) is 0 Å². The molecule has 0 fully saturated rings. The molecular formula is C12H15NO4. The first kappa shape index (κ1) is 12.0. The number of fused-ring (bicyclic) bond motifs is 1. The Bertz CT molecular complexity index is 434. The van der Waals surface area contributed by atoms with Gasteiger partial charge in [0.25, 0.3) is 5.72 Å². The molecular weight excluding hydrogens is 222 g/mol. The molecule has 0 aliphatic carbocycles. The number of ether oxygens (including phenoxy) is 1. The van der Waals surface area contributed by atoms with E-state index in [-0.39, 0.29) is 0 Å². The standard InChI is InChI=1S/C12H15NO4/c1-16-12(11(14)15)10-6-4-3-5-9(10)7-8-13(12)17-2/h3-6H,7-8H2,1-2H3,(H,14,15). The van der Waals surface area contributed by atoms with Crippen molar-refractivity contribution < 1.29 is 19.5 Å². The summed E-state index contributed by atoms with van der Waals surface area (Å²) in [5.74, 6) is -1.07. The molecule has 1 N–H and O–H groups in total. The van der Waals surface area contributed by atoms with E-state index in [1.54, 1.807) is 12.1 Å². The van der Waals surface area contributed by atoms with Crippen molar-refractivity contribution in [3.05, 3.63) is 35.4 Å². The highest BCUT2D eigenvalue weighted by Crippen LogP contribution is 2.36. The highest BCUT2D eigenvalue weighted by molar-refractivity contribution is 5.79. The van der Waals surface area contributed by atoms with E-state index < -0.39 is 11.7 Å². The van der Waals surface area contributed by atoms with E-state index in [1.165, 1.54) is 19.3 Å². The van der Waals surface area contributed by atoms with Gasteiger partial charge in [0.2, 0.25) is 0 Å². The number of carboxylic acids is 1. The maximum atomic E-state index is 11.6. The minimum absolute atomic E-state index is 0.480. The average molecular weight is 237 g/mol. The third-order valence-electron chi connectivity index (χ3n) is 3.12. The minimum atomic E-state index is -1.55. The van der Waals surface area contributed by atoms with E-state index in [0.29, 0.717) is 12.1 Å². The van der Waals surface area contributed by atoms with Crippen LogP contribution in [-0.2, 0) is 26.5 Å². The normalized spacial score (nSPS) is 24.4. The molecule has 0 saturated heterocycles. The number of aliphatic carboxylic acids is 1. The lowest BCUT2D eigenvalue weighted by atomic mass is 9.91. The summed E-state index contributed by atoms with van der Waals surface area (Å²) < 4.78 is 5.27. The summed E-state index contributed by atoms with van der Waals surface area (Å²) in [6, 6.07) is 7.37. The molecule has 0 spiro atoms. The summed E-state index contributed by atoms with van der Waals surface area (Å²) in [7, 11) is 2.83. The van der Waals surface area contributed by atoms with Crippen molar-refractivity contribution >= 4 is 5.97 Å². The van der Waals surface area contributed by atoms with Gasteiger partial charge in [-0.3, -0.25) is 4.84 Å². The van der Waals surface area contributed by atoms with Crippen LogP contribution in [0.2, 0.25) is 0 Å². The maximum Gasteiger partial charge on any atom is 0.358 e. The van der Waals surface area contributed by atoms with Crippen LogP contribution in [0.4, 0.5) is 0 Å². The van der Waals surface area contributed by atoms with Gasteiger partial charge in [0, 0.05) is 19.2 Å². The monoisotopic (exact) mass is 237 g/mol. The van der Waals surface area contributed by atoms with Crippen molar-refractivity contribution in [2.24, 2.45) is 0 Å². The molecule has 0 aromatic heterocycles. The lowest BCUT2D eigenvalue weighted by Gasteiger charge is -2.41.